The summed E-state index contributed by atoms with van der Waals surface area (Å²) in [6.07, 6.45) is 4.28. The van der Waals surface area contributed by atoms with Gasteiger partial charge in [0.15, 0.2) is 0 Å². The lowest BCUT2D eigenvalue weighted by atomic mass is 9.86. The minimum absolute atomic E-state index is 0. The number of halogens is 1. The highest BCUT2D eigenvalue weighted by Crippen LogP contribution is 2.49. The molecule has 5 rings (SSSR count). The topological polar surface area (TPSA) is 46.5 Å². The molecule has 28 heavy (non-hydrogen) atoms. The van der Waals surface area contributed by atoms with E-state index in [-0.39, 0.29) is 23.1 Å². The molecule has 2 atom stereocenters. The first-order valence-electron chi connectivity index (χ1n) is 10.0. The summed E-state index contributed by atoms with van der Waals surface area (Å²) in [5.41, 5.74) is -0.672. The van der Waals surface area contributed by atoms with Gasteiger partial charge < -0.3 is 31.3 Å². The second kappa shape index (κ2) is 7.29. The average Bonchev–Trinajstić information content (AvgIpc) is 3.47. The lowest BCUT2D eigenvalue weighted by molar-refractivity contribution is -0.846. The van der Waals surface area contributed by atoms with Gasteiger partial charge in [-0.1, -0.05) is 60.7 Å². The van der Waals surface area contributed by atoms with E-state index in [1.165, 1.54) is 30.4 Å². The zero-order valence-electron chi connectivity index (χ0n) is 15.8. The van der Waals surface area contributed by atoms with E-state index in [1.807, 2.05) is 36.4 Å². The smallest absolute Gasteiger partial charge is 0.347 e. The Labute approximate surface area is 176 Å². The van der Waals surface area contributed by atoms with Crippen LogP contribution in [0.3, 0.4) is 0 Å². The van der Waals surface area contributed by atoms with Crippen molar-refractivity contribution in [1.29, 1.82) is 0 Å². The van der Waals surface area contributed by atoms with Crippen LogP contribution in [0.2, 0.25) is 0 Å². The standard InChI is InChI=1S/C23H26NO3.BrH/c25-22(27-21-15-19-11-12-20(16-21)24(19)13-14-24)23(26,17-7-3-1-4-8-17)18-9-5-2-6-10-18;/h1-10,19-21,26H,11-16H2;1H/q+1;/p-1. The first-order valence-corrected chi connectivity index (χ1v) is 10.0. The van der Waals surface area contributed by atoms with Crippen molar-refractivity contribution in [2.75, 3.05) is 13.1 Å². The molecule has 3 fully saturated rings. The number of ether oxygens (including phenoxy) is 1. The summed E-state index contributed by atoms with van der Waals surface area (Å²) >= 11 is 0. The molecule has 1 N–H and O–H groups in total. The second-order valence-electron chi connectivity index (χ2n) is 8.38. The predicted molar refractivity (Wildman–Crippen MR) is 102 cm³/mol. The highest BCUT2D eigenvalue weighted by Gasteiger charge is 2.62. The number of quaternary nitrogens is 1. The van der Waals surface area contributed by atoms with Crippen molar-refractivity contribution in [2.24, 2.45) is 0 Å². The second-order valence-corrected chi connectivity index (χ2v) is 8.38. The lowest BCUT2D eigenvalue weighted by Gasteiger charge is -2.37. The molecule has 1 spiro atoms. The Bertz CT molecular complexity index is 782. The normalized spacial score (nSPS) is 27.1. The molecule has 2 aromatic carbocycles. The number of aliphatic hydroxyl groups is 1. The molecule has 2 aromatic rings. The van der Waals surface area contributed by atoms with Crippen molar-refractivity contribution in [2.45, 2.75) is 49.5 Å². The van der Waals surface area contributed by atoms with Crippen molar-refractivity contribution in [3.05, 3.63) is 71.8 Å². The van der Waals surface area contributed by atoms with Gasteiger partial charge in [0.05, 0.1) is 12.1 Å². The molecule has 0 aliphatic carbocycles. The maximum atomic E-state index is 13.3. The average molecular weight is 444 g/mol. The van der Waals surface area contributed by atoms with Gasteiger partial charge in [0, 0.05) is 25.7 Å². The summed E-state index contributed by atoms with van der Waals surface area (Å²) in [6.45, 7) is 2.60. The van der Waals surface area contributed by atoms with E-state index >= 15 is 0 Å². The minimum Gasteiger partial charge on any atom is -1.00 e. The number of carbonyl (C=O) groups excluding carboxylic acids is 1. The first-order chi connectivity index (χ1) is 13.1. The Hall–Kier alpha value is -1.69. The number of benzene rings is 2. The SMILES string of the molecule is O=C(OC1CC2CCC(C1)[N+]21CC1)C(O)(c1ccccc1)c1ccccc1.[Br-]. The van der Waals surface area contributed by atoms with Crippen molar-refractivity contribution in [3.63, 3.8) is 0 Å². The van der Waals surface area contributed by atoms with Crippen LogP contribution in [-0.4, -0.2) is 46.8 Å². The van der Waals surface area contributed by atoms with Gasteiger partial charge in [-0.3, -0.25) is 0 Å². The van der Waals surface area contributed by atoms with Crippen LogP contribution in [0.5, 0.6) is 0 Å². The number of hydrogen-bond acceptors (Lipinski definition) is 3. The van der Waals surface area contributed by atoms with Gasteiger partial charge in [0.2, 0.25) is 5.60 Å². The monoisotopic (exact) mass is 443 g/mol. The molecule has 5 heteroatoms. The summed E-state index contributed by atoms with van der Waals surface area (Å²) in [4.78, 5) is 13.3. The van der Waals surface area contributed by atoms with Gasteiger partial charge in [0.25, 0.3) is 0 Å². The maximum Gasteiger partial charge on any atom is 0.347 e. The van der Waals surface area contributed by atoms with Crippen LogP contribution >= 0.6 is 0 Å². The zero-order valence-corrected chi connectivity index (χ0v) is 17.4. The highest BCUT2D eigenvalue weighted by atomic mass is 79.9. The molecule has 3 heterocycles. The van der Waals surface area contributed by atoms with Crippen LogP contribution in [0.25, 0.3) is 0 Å². The lowest BCUT2D eigenvalue weighted by Crippen LogP contribution is -3.00. The summed E-state index contributed by atoms with van der Waals surface area (Å²) in [5.74, 6) is -0.552. The quantitative estimate of drug-likeness (QED) is 0.410. The molecule has 0 aromatic heterocycles. The van der Waals surface area contributed by atoms with Crippen molar-refractivity contribution in [3.8, 4) is 0 Å². The highest BCUT2D eigenvalue weighted by molar-refractivity contribution is 5.85. The molecule has 0 amide bonds. The van der Waals surface area contributed by atoms with Crippen molar-refractivity contribution < 1.29 is 36.1 Å². The molecular formula is C23H26BrNO3. The maximum absolute atomic E-state index is 13.3. The summed E-state index contributed by atoms with van der Waals surface area (Å²) in [7, 11) is 0. The molecule has 3 aliphatic heterocycles. The van der Waals surface area contributed by atoms with E-state index < -0.39 is 11.6 Å². The summed E-state index contributed by atoms with van der Waals surface area (Å²) in [5, 5.41) is 11.5. The Morgan fingerprint density at radius 2 is 1.36 bits per heavy atom. The van der Waals surface area contributed by atoms with Crippen LogP contribution in [0.1, 0.15) is 36.8 Å². The zero-order chi connectivity index (χ0) is 18.5. The third-order valence-electron chi connectivity index (χ3n) is 7.05. The number of piperidine rings is 1. The Morgan fingerprint density at radius 1 is 0.893 bits per heavy atom. The van der Waals surface area contributed by atoms with Crippen LogP contribution in [0.4, 0.5) is 0 Å². The van der Waals surface area contributed by atoms with Gasteiger partial charge in [-0.25, -0.2) is 4.79 Å². The van der Waals surface area contributed by atoms with E-state index in [1.54, 1.807) is 24.3 Å². The molecule has 3 saturated heterocycles. The van der Waals surface area contributed by atoms with Gasteiger partial charge in [-0.15, -0.1) is 0 Å². The van der Waals surface area contributed by atoms with Crippen molar-refractivity contribution in [1.82, 2.24) is 0 Å². The largest absolute Gasteiger partial charge is 1.00 e. The Balaban J connectivity index is 0.00000192. The molecule has 0 saturated carbocycles. The van der Waals surface area contributed by atoms with Crippen LogP contribution < -0.4 is 17.0 Å². The summed E-state index contributed by atoms with van der Waals surface area (Å²) in [6, 6.07) is 19.5. The van der Waals surface area contributed by atoms with Gasteiger partial charge in [-0.05, 0) is 11.1 Å². The molecule has 2 bridgehead atoms. The molecule has 4 nitrogen and oxygen atoms in total. The fraction of sp³-hybridized carbons (Fsp3) is 0.435. The minimum atomic E-state index is -1.77. The third kappa shape index (κ3) is 3.00. The van der Waals surface area contributed by atoms with Gasteiger partial charge in [-0.2, -0.15) is 0 Å². The fourth-order valence-corrected chi connectivity index (χ4v) is 5.50. The predicted octanol–water partition coefficient (Wildman–Crippen LogP) is -0.00650. The van der Waals surface area contributed by atoms with Crippen LogP contribution in [0.15, 0.2) is 60.7 Å². The van der Waals surface area contributed by atoms with Crippen LogP contribution in [-0.2, 0) is 15.1 Å². The van der Waals surface area contributed by atoms with E-state index in [4.69, 9.17) is 4.74 Å². The van der Waals surface area contributed by atoms with Crippen molar-refractivity contribution >= 4 is 5.97 Å². The number of rotatable bonds is 4. The van der Waals surface area contributed by atoms with E-state index in [9.17, 15) is 9.90 Å². The third-order valence-corrected chi connectivity index (χ3v) is 7.05. The van der Waals surface area contributed by atoms with Gasteiger partial charge >= 0.3 is 5.97 Å². The molecule has 0 radical (unpaired) electrons. The molecular weight excluding hydrogens is 418 g/mol. The van der Waals surface area contributed by atoms with Gasteiger partial charge in [0.1, 0.15) is 19.2 Å². The molecule has 3 aliphatic rings. The first kappa shape index (κ1) is 19.6. The molecule has 148 valence electrons. The van der Waals surface area contributed by atoms with Crippen LogP contribution in [0, 0.1) is 0 Å². The number of nitrogens with zero attached hydrogens (tertiary/aromatic N) is 1. The number of hydrogen-bond donors (Lipinski definition) is 1. The number of esters is 1. The Morgan fingerprint density at radius 3 is 1.79 bits per heavy atom. The van der Waals surface area contributed by atoms with E-state index in [0.717, 1.165) is 12.8 Å². The fourth-order valence-electron chi connectivity index (χ4n) is 5.50. The Kier molecular flexibility index (Phi) is 5.10. The summed E-state index contributed by atoms with van der Waals surface area (Å²) < 4.78 is 7.24. The molecule has 2 unspecified atom stereocenters. The van der Waals surface area contributed by atoms with E-state index in [0.29, 0.717) is 23.2 Å². The van der Waals surface area contributed by atoms with E-state index in [2.05, 4.69) is 0 Å². The number of carbonyl (C=O) groups is 1.